The molecule has 3 heteroatoms. The van der Waals surface area contributed by atoms with Gasteiger partial charge >= 0.3 is 0 Å². The number of amides is 2. The zero-order valence-corrected chi connectivity index (χ0v) is 15.1. The zero-order valence-electron chi connectivity index (χ0n) is 15.1. The van der Waals surface area contributed by atoms with Gasteiger partial charge in [-0.05, 0) is 42.7 Å². The van der Waals surface area contributed by atoms with Crippen molar-refractivity contribution < 1.29 is 9.59 Å². The highest BCUT2D eigenvalue weighted by molar-refractivity contribution is 6.05. The lowest BCUT2D eigenvalue weighted by molar-refractivity contribution is -0.143. The minimum Gasteiger partial charge on any atom is -0.274 e. The Hall–Kier alpha value is -1.64. The van der Waals surface area contributed by atoms with Gasteiger partial charge in [0.15, 0.2) is 0 Å². The van der Waals surface area contributed by atoms with Crippen LogP contribution in [0.4, 0.5) is 0 Å². The van der Waals surface area contributed by atoms with Crippen molar-refractivity contribution in [3.05, 3.63) is 35.4 Å². The van der Waals surface area contributed by atoms with Crippen LogP contribution in [0.2, 0.25) is 0 Å². The van der Waals surface area contributed by atoms with Crippen LogP contribution in [-0.2, 0) is 9.59 Å². The molecule has 1 saturated carbocycles. The second-order valence-electron chi connectivity index (χ2n) is 7.44. The van der Waals surface area contributed by atoms with Gasteiger partial charge in [0, 0.05) is 0 Å². The summed E-state index contributed by atoms with van der Waals surface area (Å²) in [4.78, 5) is 27.3. The highest BCUT2D eigenvalue weighted by Gasteiger charge is 2.50. The number of likely N-dealkylation sites (tertiary alicyclic amines) is 1. The Morgan fingerprint density at radius 1 is 0.917 bits per heavy atom. The number of hydrogen-bond acceptors (Lipinski definition) is 2. The third-order valence-electron chi connectivity index (χ3n) is 6.08. The molecule has 3 rings (SSSR count). The van der Waals surface area contributed by atoms with Crippen molar-refractivity contribution in [2.24, 2.45) is 11.8 Å². The quantitative estimate of drug-likeness (QED) is 0.727. The number of fused-ring (bicyclic) bond motifs is 1. The van der Waals surface area contributed by atoms with E-state index in [0.717, 1.165) is 44.1 Å². The number of carbonyl (C=O) groups excluding carboxylic acids is 2. The lowest BCUT2D eigenvalue weighted by Gasteiger charge is -2.26. The smallest absolute Gasteiger partial charge is 0.233 e. The lowest BCUT2D eigenvalue weighted by Crippen LogP contribution is -2.35. The first-order chi connectivity index (χ1) is 11.6. The van der Waals surface area contributed by atoms with Crippen LogP contribution in [0.3, 0.4) is 0 Å². The molecule has 0 radical (unpaired) electrons. The van der Waals surface area contributed by atoms with Gasteiger partial charge in [0.1, 0.15) is 0 Å². The maximum atomic E-state index is 12.9. The van der Waals surface area contributed by atoms with Crippen molar-refractivity contribution in [1.29, 1.82) is 0 Å². The van der Waals surface area contributed by atoms with E-state index in [1.807, 2.05) is 0 Å². The fraction of sp³-hybridized carbons (Fsp3) is 0.619. The van der Waals surface area contributed by atoms with E-state index in [1.165, 1.54) is 5.56 Å². The molecule has 24 heavy (non-hydrogen) atoms. The third kappa shape index (κ3) is 2.89. The molecule has 2 fully saturated rings. The number of benzene rings is 1. The number of hydrogen-bond donors (Lipinski definition) is 0. The van der Waals surface area contributed by atoms with Gasteiger partial charge in [0.25, 0.3) is 0 Å². The summed E-state index contributed by atoms with van der Waals surface area (Å²) in [6.45, 7) is 6.48. The summed E-state index contributed by atoms with van der Waals surface area (Å²) >= 11 is 0. The number of nitrogens with zero attached hydrogens (tertiary/aromatic N) is 1. The summed E-state index contributed by atoms with van der Waals surface area (Å²) in [6.07, 6.45) is 5.82. The van der Waals surface area contributed by atoms with E-state index < -0.39 is 0 Å². The Balaban J connectivity index is 1.85. The van der Waals surface area contributed by atoms with Crippen molar-refractivity contribution in [2.75, 3.05) is 0 Å². The van der Waals surface area contributed by atoms with Crippen LogP contribution >= 0.6 is 0 Å². The Morgan fingerprint density at radius 3 is 1.88 bits per heavy atom. The second-order valence-corrected chi connectivity index (χ2v) is 7.44. The monoisotopic (exact) mass is 327 g/mol. The van der Waals surface area contributed by atoms with E-state index in [2.05, 4.69) is 45.0 Å². The molecule has 2 amide bonds. The summed E-state index contributed by atoms with van der Waals surface area (Å²) in [5.41, 5.74) is 2.41. The van der Waals surface area contributed by atoms with Crippen molar-refractivity contribution in [1.82, 2.24) is 4.90 Å². The molecule has 0 bridgehead atoms. The molecule has 1 aliphatic carbocycles. The maximum Gasteiger partial charge on any atom is 0.233 e. The van der Waals surface area contributed by atoms with Crippen molar-refractivity contribution in [2.45, 2.75) is 71.3 Å². The summed E-state index contributed by atoms with van der Waals surface area (Å²) in [5.74, 6) is 0.571. The standard InChI is InChI=1S/C21H29NO2/c1-4-14(3)15-10-12-16(13-11-15)19(5-2)22-20(23)17-8-6-7-9-18(17)21(22)24/h10-14,17-19H,4-9H2,1-3H3/t14-,17-,18+,19+/m0/s1. The molecule has 2 aliphatic rings. The SMILES string of the molecule is CC[C@H](c1ccc([C@@H](C)CC)cc1)N1C(=O)[C@H]2CCCC[C@H]2C1=O. The Kier molecular flexibility index (Phi) is 5.07. The first kappa shape index (κ1) is 17.2. The third-order valence-corrected chi connectivity index (χ3v) is 6.08. The maximum absolute atomic E-state index is 12.9. The van der Waals surface area contributed by atoms with Crippen LogP contribution in [-0.4, -0.2) is 16.7 Å². The molecule has 0 unspecified atom stereocenters. The number of rotatable bonds is 5. The highest BCUT2D eigenvalue weighted by Crippen LogP contribution is 2.42. The molecule has 0 N–H and O–H groups in total. The molecule has 0 spiro atoms. The van der Waals surface area contributed by atoms with E-state index >= 15 is 0 Å². The number of imide groups is 1. The van der Waals surface area contributed by atoms with Crippen molar-refractivity contribution >= 4 is 11.8 Å². The fourth-order valence-corrected chi connectivity index (χ4v) is 4.34. The van der Waals surface area contributed by atoms with Gasteiger partial charge in [-0.1, -0.05) is 57.9 Å². The molecule has 0 aromatic heterocycles. The zero-order chi connectivity index (χ0) is 17.3. The molecule has 4 atom stereocenters. The minimum absolute atomic E-state index is 0.0558. The fourth-order valence-electron chi connectivity index (χ4n) is 4.34. The molecule has 1 aromatic carbocycles. The lowest BCUT2D eigenvalue weighted by atomic mass is 9.81. The van der Waals surface area contributed by atoms with Gasteiger partial charge in [-0.25, -0.2) is 0 Å². The molecule has 130 valence electrons. The van der Waals surface area contributed by atoms with Crippen molar-refractivity contribution in [3.8, 4) is 0 Å². The van der Waals surface area contributed by atoms with Crippen LogP contribution in [0.1, 0.15) is 82.4 Å². The molecule has 1 aromatic rings. The molecule has 1 saturated heterocycles. The molecular formula is C21H29NO2. The van der Waals surface area contributed by atoms with Crippen LogP contribution in [0.15, 0.2) is 24.3 Å². The van der Waals surface area contributed by atoms with Crippen molar-refractivity contribution in [3.63, 3.8) is 0 Å². The predicted octanol–water partition coefficient (Wildman–Crippen LogP) is 4.83. The van der Waals surface area contributed by atoms with E-state index in [4.69, 9.17) is 0 Å². The Labute approximate surface area is 145 Å². The van der Waals surface area contributed by atoms with E-state index in [1.54, 1.807) is 4.90 Å². The predicted molar refractivity (Wildman–Crippen MR) is 95.5 cm³/mol. The Bertz CT molecular complexity index is 583. The topological polar surface area (TPSA) is 37.4 Å². The summed E-state index contributed by atoms with van der Waals surface area (Å²) in [6, 6.07) is 8.42. The van der Waals surface area contributed by atoms with E-state index in [-0.39, 0.29) is 29.7 Å². The average molecular weight is 327 g/mol. The van der Waals surface area contributed by atoms with E-state index in [9.17, 15) is 9.59 Å². The number of carbonyl (C=O) groups is 2. The van der Waals surface area contributed by atoms with Gasteiger partial charge in [-0.2, -0.15) is 0 Å². The van der Waals surface area contributed by atoms with Crippen LogP contribution in [0, 0.1) is 11.8 Å². The van der Waals surface area contributed by atoms with Crippen LogP contribution < -0.4 is 0 Å². The molecule has 3 nitrogen and oxygen atoms in total. The van der Waals surface area contributed by atoms with Crippen LogP contribution in [0.5, 0.6) is 0 Å². The molecular weight excluding hydrogens is 298 g/mol. The van der Waals surface area contributed by atoms with Gasteiger partial charge < -0.3 is 0 Å². The normalized spacial score (nSPS) is 26.4. The molecule has 1 heterocycles. The van der Waals surface area contributed by atoms with Gasteiger partial charge in [-0.3, -0.25) is 14.5 Å². The average Bonchev–Trinajstić information content (AvgIpc) is 2.88. The summed E-state index contributed by atoms with van der Waals surface area (Å²) in [7, 11) is 0. The Morgan fingerprint density at radius 2 is 1.42 bits per heavy atom. The van der Waals surface area contributed by atoms with Gasteiger partial charge in [0.2, 0.25) is 11.8 Å². The highest BCUT2D eigenvalue weighted by atomic mass is 16.2. The first-order valence-electron chi connectivity index (χ1n) is 9.55. The van der Waals surface area contributed by atoms with Crippen LogP contribution in [0.25, 0.3) is 0 Å². The first-order valence-corrected chi connectivity index (χ1v) is 9.55. The minimum atomic E-state index is -0.110. The summed E-state index contributed by atoms with van der Waals surface area (Å²) < 4.78 is 0. The van der Waals surface area contributed by atoms with Gasteiger partial charge in [-0.15, -0.1) is 0 Å². The van der Waals surface area contributed by atoms with E-state index in [0.29, 0.717) is 5.92 Å². The van der Waals surface area contributed by atoms with Gasteiger partial charge in [0.05, 0.1) is 17.9 Å². The largest absolute Gasteiger partial charge is 0.274 e. The summed E-state index contributed by atoms with van der Waals surface area (Å²) in [5, 5.41) is 0. The molecule has 1 aliphatic heterocycles. The second kappa shape index (κ2) is 7.08.